The fraction of sp³-hybridized carbons (Fsp3) is 0.429. The number of hydrogen-bond donors (Lipinski definition) is 0. The van der Waals surface area contributed by atoms with Crippen molar-refractivity contribution in [2.24, 2.45) is 0 Å². The van der Waals surface area contributed by atoms with Crippen molar-refractivity contribution in [2.75, 3.05) is 16.0 Å². The summed E-state index contributed by atoms with van der Waals surface area (Å²) in [6.07, 6.45) is 0.610. The van der Waals surface area contributed by atoms with E-state index in [1.807, 2.05) is 6.92 Å². The van der Waals surface area contributed by atoms with Gasteiger partial charge in [-0.05, 0) is 18.6 Å². The lowest BCUT2D eigenvalue weighted by atomic mass is 10.1. The van der Waals surface area contributed by atoms with E-state index in [0.29, 0.717) is 33.4 Å². The molecule has 1 atom stereocenters. The second-order valence-corrected chi connectivity index (χ2v) is 7.34. The maximum absolute atomic E-state index is 12.6. The Labute approximate surface area is 150 Å². The minimum atomic E-state index is -0.972. The minimum Gasteiger partial charge on any atom is -0.276 e. The molecule has 23 heavy (non-hydrogen) atoms. The van der Waals surface area contributed by atoms with Crippen molar-refractivity contribution >= 4 is 62.7 Å². The van der Waals surface area contributed by atoms with Crippen LogP contribution in [0.25, 0.3) is 0 Å². The maximum Gasteiger partial charge on any atom is 0.321 e. The van der Waals surface area contributed by atoms with Gasteiger partial charge in [0.25, 0.3) is 0 Å². The summed E-state index contributed by atoms with van der Waals surface area (Å²) in [7, 11) is 0. The summed E-state index contributed by atoms with van der Waals surface area (Å²) in [5.74, 6) is -1.44. The Morgan fingerprint density at radius 2 is 2.17 bits per heavy atom. The van der Waals surface area contributed by atoms with Gasteiger partial charge in [0.2, 0.25) is 5.91 Å². The van der Waals surface area contributed by atoms with Crippen LogP contribution in [-0.2, 0) is 14.4 Å². The average Bonchev–Trinajstić information content (AvgIpc) is 2.76. The largest absolute Gasteiger partial charge is 0.321 e. The Hall–Kier alpha value is -1.12. The zero-order valence-electron chi connectivity index (χ0n) is 12.2. The summed E-state index contributed by atoms with van der Waals surface area (Å²) in [5.41, 5.74) is -0.444. The van der Waals surface area contributed by atoms with E-state index in [4.69, 9.17) is 11.6 Å². The number of alkyl halides is 1. The zero-order valence-corrected chi connectivity index (χ0v) is 15.4. The molecule has 3 heterocycles. The van der Waals surface area contributed by atoms with Gasteiger partial charge in [0.1, 0.15) is 15.8 Å². The van der Waals surface area contributed by atoms with Crippen molar-refractivity contribution in [3.8, 4) is 0 Å². The molecule has 0 saturated carbocycles. The molecule has 122 valence electrons. The minimum absolute atomic E-state index is 0.158. The third-order valence-corrected chi connectivity index (χ3v) is 5.82. The number of rotatable bonds is 3. The van der Waals surface area contributed by atoms with Gasteiger partial charge in [-0.3, -0.25) is 19.3 Å². The van der Waals surface area contributed by atoms with Crippen molar-refractivity contribution in [2.45, 2.75) is 30.5 Å². The molecule has 2 aliphatic rings. The van der Waals surface area contributed by atoms with Crippen LogP contribution in [0.3, 0.4) is 0 Å². The lowest BCUT2D eigenvalue weighted by Gasteiger charge is -2.44. The van der Waals surface area contributed by atoms with E-state index >= 15 is 0 Å². The van der Waals surface area contributed by atoms with Gasteiger partial charge in [0, 0.05) is 17.5 Å². The Morgan fingerprint density at radius 1 is 1.43 bits per heavy atom. The number of hydrogen-bond acceptors (Lipinski definition) is 5. The number of amides is 3. The smallest absolute Gasteiger partial charge is 0.276 e. The van der Waals surface area contributed by atoms with Crippen LogP contribution < -0.4 is 4.90 Å². The first-order valence-electron chi connectivity index (χ1n) is 7.03. The normalized spacial score (nSPS) is 23.1. The number of carbonyl (C=O) groups excluding carboxylic acids is 3. The van der Waals surface area contributed by atoms with Gasteiger partial charge in [-0.15, -0.1) is 0 Å². The molecule has 2 aliphatic heterocycles. The summed E-state index contributed by atoms with van der Waals surface area (Å²) in [5, 5.41) is 1.35. The molecule has 1 saturated heterocycles. The Kier molecular flexibility index (Phi) is 4.41. The van der Waals surface area contributed by atoms with E-state index in [1.165, 1.54) is 16.7 Å². The Morgan fingerprint density at radius 3 is 2.83 bits per heavy atom. The zero-order chi connectivity index (χ0) is 16.8. The highest BCUT2D eigenvalue weighted by molar-refractivity contribution is 9.09. The summed E-state index contributed by atoms with van der Waals surface area (Å²) in [6, 6.07) is 3.25. The van der Waals surface area contributed by atoms with E-state index in [9.17, 15) is 14.4 Å². The predicted molar refractivity (Wildman–Crippen MR) is 90.7 cm³/mol. The summed E-state index contributed by atoms with van der Waals surface area (Å²) in [6.45, 7) is 1.86. The highest BCUT2D eigenvalue weighted by atomic mass is 79.9. The third kappa shape index (κ3) is 2.38. The molecule has 1 aromatic rings. The molecule has 3 amide bonds. The highest BCUT2D eigenvalue weighted by Gasteiger charge is 2.60. The molecule has 9 heteroatoms. The average molecular weight is 419 g/mol. The van der Waals surface area contributed by atoms with Gasteiger partial charge in [0.05, 0.1) is 5.69 Å². The van der Waals surface area contributed by atoms with Gasteiger partial charge >= 0.3 is 11.8 Å². The van der Waals surface area contributed by atoms with Crippen molar-refractivity contribution in [1.29, 1.82) is 0 Å². The standard InChI is InChI=1S/C14H13BrClN3O3S/c1-2-14-7-23-11-8(3-4-9(16)17-11)18(14)12(21)13(22)19(14)10(20)5-6-15/h3-4H,2,5-7H2,1H3/t14-/m0/s1. The van der Waals surface area contributed by atoms with E-state index in [2.05, 4.69) is 20.9 Å². The van der Waals surface area contributed by atoms with Crippen LogP contribution in [-0.4, -0.2) is 44.4 Å². The number of halogens is 2. The molecule has 0 spiro atoms. The van der Waals surface area contributed by atoms with Crippen molar-refractivity contribution in [3.05, 3.63) is 17.3 Å². The number of aromatic nitrogens is 1. The Balaban J connectivity index is 2.14. The van der Waals surface area contributed by atoms with Crippen LogP contribution in [0.2, 0.25) is 5.15 Å². The van der Waals surface area contributed by atoms with Crippen molar-refractivity contribution in [1.82, 2.24) is 9.88 Å². The van der Waals surface area contributed by atoms with E-state index < -0.39 is 17.5 Å². The molecule has 0 N–H and O–H groups in total. The molecular weight excluding hydrogens is 406 g/mol. The predicted octanol–water partition coefficient (Wildman–Crippen LogP) is 2.43. The van der Waals surface area contributed by atoms with Crippen LogP contribution in [0.1, 0.15) is 19.8 Å². The quantitative estimate of drug-likeness (QED) is 0.428. The van der Waals surface area contributed by atoms with Gasteiger partial charge in [-0.1, -0.05) is 46.2 Å². The highest BCUT2D eigenvalue weighted by Crippen LogP contribution is 2.47. The second-order valence-electron chi connectivity index (χ2n) is 5.20. The molecule has 3 rings (SSSR count). The SMILES string of the molecule is CC[C@]12CSc3nc(Cl)ccc3N1C(=O)C(=O)N2C(=O)CCBr. The van der Waals surface area contributed by atoms with Crippen LogP contribution in [0, 0.1) is 0 Å². The fourth-order valence-electron chi connectivity index (χ4n) is 2.96. The molecule has 0 aromatic carbocycles. The number of pyridine rings is 1. The Bertz CT molecular complexity index is 717. The second kappa shape index (κ2) is 6.07. The first-order chi connectivity index (χ1) is 11.0. The number of thioether (sulfide) groups is 1. The first kappa shape index (κ1) is 16.7. The summed E-state index contributed by atoms with van der Waals surface area (Å²) in [4.78, 5) is 44.2. The van der Waals surface area contributed by atoms with Crippen LogP contribution in [0.4, 0.5) is 5.69 Å². The third-order valence-electron chi connectivity index (χ3n) is 4.03. The molecule has 0 unspecified atom stereocenters. The topological polar surface area (TPSA) is 70.6 Å². The van der Waals surface area contributed by atoms with Crippen molar-refractivity contribution < 1.29 is 14.4 Å². The molecule has 6 nitrogen and oxygen atoms in total. The van der Waals surface area contributed by atoms with Gasteiger partial charge in [0.15, 0.2) is 0 Å². The number of fused-ring (bicyclic) bond motifs is 3. The molecule has 0 radical (unpaired) electrons. The van der Waals surface area contributed by atoms with Crippen molar-refractivity contribution in [3.63, 3.8) is 0 Å². The van der Waals surface area contributed by atoms with Gasteiger partial charge in [-0.2, -0.15) is 0 Å². The van der Waals surface area contributed by atoms with Crippen LogP contribution >= 0.6 is 39.3 Å². The number of nitrogens with zero attached hydrogens (tertiary/aromatic N) is 3. The number of anilines is 1. The molecule has 1 fully saturated rings. The monoisotopic (exact) mass is 417 g/mol. The summed E-state index contributed by atoms with van der Waals surface area (Å²) < 4.78 is 0. The molecule has 1 aromatic heterocycles. The van der Waals surface area contributed by atoms with E-state index in [-0.39, 0.29) is 12.3 Å². The van der Waals surface area contributed by atoms with E-state index in [0.717, 1.165) is 4.90 Å². The number of imide groups is 1. The lowest BCUT2D eigenvalue weighted by molar-refractivity contribution is -0.150. The fourth-order valence-corrected chi connectivity index (χ4v) is 4.80. The van der Waals surface area contributed by atoms with Gasteiger partial charge < -0.3 is 0 Å². The summed E-state index contributed by atoms with van der Waals surface area (Å²) >= 11 is 10.5. The maximum atomic E-state index is 12.6. The lowest BCUT2D eigenvalue weighted by Crippen LogP contribution is -2.59. The molecule has 0 aliphatic carbocycles. The molecular formula is C14H13BrClN3O3S. The van der Waals surface area contributed by atoms with Crippen LogP contribution in [0.5, 0.6) is 0 Å². The van der Waals surface area contributed by atoms with E-state index in [1.54, 1.807) is 12.1 Å². The first-order valence-corrected chi connectivity index (χ1v) is 9.51. The number of carbonyl (C=O) groups is 3. The van der Waals surface area contributed by atoms with Crippen LogP contribution in [0.15, 0.2) is 17.2 Å². The molecule has 0 bridgehead atoms. The van der Waals surface area contributed by atoms with Gasteiger partial charge in [-0.25, -0.2) is 9.88 Å².